The summed E-state index contributed by atoms with van der Waals surface area (Å²) in [7, 11) is 1.85. The Hall–Kier alpha value is -1.65. The van der Waals surface area contributed by atoms with E-state index in [2.05, 4.69) is 44.5 Å². The van der Waals surface area contributed by atoms with Crippen molar-refractivity contribution in [2.45, 2.75) is 26.3 Å². The zero-order valence-electron chi connectivity index (χ0n) is 13.1. The monoisotopic (exact) mass is 418 g/mol. The van der Waals surface area contributed by atoms with Crippen LogP contribution in [0.1, 0.15) is 20.3 Å². The molecule has 2 aromatic heterocycles. The maximum Gasteiger partial charge on any atom is 0.188 e. The molecule has 0 aliphatic rings. The number of rotatable bonds is 6. The second-order valence-electron chi connectivity index (χ2n) is 4.88. The van der Waals surface area contributed by atoms with Gasteiger partial charge < -0.3 is 16.4 Å². The minimum absolute atomic E-state index is 0. The normalized spacial score (nSPS) is 12.8. The van der Waals surface area contributed by atoms with Crippen molar-refractivity contribution in [2.75, 3.05) is 18.4 Å². The lowest BCUT2D eigenvalue weighted by Gasteiger charge is -2.11. The van der Waals surface area contributed by atoms with Crippen molar-refractivity contribution in [2.24, 2.45) is 17.8 Å². The van der Waals surface area contributed by atoms with E-state index in [4.69, 9.17) is 5.73 Å². The van der Waals surface area contributed by atoms with Gasteiger partial charge in [0, 0.05) is 19.6 Å². The third-order valence-electron chi connectivity index (χ3n) is 3.22. The fraction of sp³-hybridized carbons (Fsp3) is 0.538. The third kappa shape index (κ3) is 4.68. The largest absolute Gasteiger partial charge is 0.370 e. The molecule has 0 aliphatic heterocycles. The Kier molecular flexibility index (Phi) is 7.28. The number of aliphatic imine (C=N–C) groups is 1. The highest BCUT2D eigenvalue weighted by molar-refractivity contribution is 14.0. The van der Waals surface area contributed by atoms with E-state index >= 15 is 0 Å². The van der Waals surface area contributed by atoms with Gasteiger partial charge in [-0.05, 0) is 13.3 Å². The van der Waals surface area contributed by atoms with Crippen LogP contribution in [0.5, 0.6) is 0 Å². The molecule has 4 N–H and O–H groups in total. The minimum atomic E-state index is 0. The van der Waals surface area contributed by atoms with Gasteiger partial charge in [-0.15, -0.1) is 24.0 Å². The molecule has 122 valence electrons. The van der Waals surface area contributed by atoms with Crippen molar-refractivity contribution < 1.29 is 0 Å². The molecule has 0 saturated heterocycles. The van der Waals surface area contributed by atoms with Gasteiger partial charge >= 0.3 is 0 Å². The fourth-order valence-corrected chi connectivity index (χ4v) is 1.85. The molecule has 9 heteroatoms. The van der Waals surface area contributed by atoms with Gasteiger partial charge in [0.05, 0.1) is 18.1 Å². The predicted octanol–water partition coefficient (Wildman–Crippen LogP) is 1.10. The molecule has 22 heavy (non-hydrogen) atoms. The molecule has 8 nitrogen and oxygen atoms in total. The molecule has 1 atom stereocenters. The van der Waals surface area contributed by atoms with Crippen molar-refractivity contribution in [1.29, 1.82) is 0 Å². The summed E-state index contributed by atoms with van der Waals surface area (Å²) >= 11 is 0. The van der Waals surface area contributed by atoms with E-state index in [-0.39, 0.29) is 24.0 Å². The van der Waals surface area contributed by atoms with E-state index in [9.17, 15) is 0 Å². The Bertz CT molecular complexity index is 624. The Morgan fingerprint density at radius 3 is 2.95 bits per heavy atom. The van der Waals surface area contributed by atoms with Crippen LogP contribution in [0, 0.1) is 0 Å². The summed E-state index contributed by atoms with van der Waals surface area (Å²) in [5.41, 5.74) is 6.60. The smallest absolute Gasteiger partial charge is 0.188 e. The molecule has 0 aliphatic carbocycles. The highest BCUT2D eigenvalue weighted by atomic mass is 127. The number of hydrogen-bond acceptors (Lipinski definition) is 5. The highest BCUT2D eigenvalue weighted by Gasteiger charge is 2.06. The summed E-state index contributed by atoms with van der Waals surface area (Å²) < 4.78 is 1.72. The predicted molar refractivity (Wildman–Crippen MR) is 99.6 cm³/mol. The van der Waals surface area contributed by atoms with Gasteiger partial charge in [0.25, 0.3) is 0 Å². The van der Waals surface area contributed by atoms with E-state index in [1.165, 1.54) is 6.33 Å². The molecule has 1 unspecified atom stereocenters. The highest BCUT2D eigenvalue weighted by Crippen LogP contribution is 2.17. The van der Waals surface area contributed by atoms with Crippen LogP contribution in [-0.2, 0) is 7.05 Å². The third-order valence-corrected chi connectivity index (χ3v) is 3.22. The average molecular weight is 418 g/mol. The summed E-state index contributed by atoms with van der Waals surface area (Å²) in [5.74, 6) is 1.23. The van der Waals surface area contributed by atoms with Crippen molar-refractivity contribution >= 4 is 46.8 Å². The Morgan fingerprint density at radius 1 is 1.45 bits per heavy atom. The van der Waals surface area contributed by atoms with Gasteiger partial charge in [-0.25, -0.2) is 9.97 Å². The Labute approximate surface area is 147 Å². The topological polar surface area (TPSA) is 106 Å². The lowest BCUT2D eigenvalue weighted by Crippen LogP contribution is -2.38. The second-order valence-corrected chi connectivity index (χ2v) is 4.88. The number of nitrogens with two attached hydrogens (primary N) is 1. The van der Waals surface area contributed by atoms with Crippen LogP contribution in [0.3, 0.4) is 0 Å². The van der Waals surface area contributed by atoms with Crippen LogP contribution in [0.25, 0.3) is 11.0 Å². The molecule has 0 fully saturated rings. The van der Waals surface area contributed by atoms with Crippen LogP contribution >= 0.6 is 24.0 Å². The summed E-state index contributed by atoms with van der Waals surface area (Å²) in [6.45, 7) is 5.38. The number of fused-ring (bicyclic) bond motifs is 1. The van der Waals surface area contributed by atoms with Crippen LogP contribution in [0.2, 0.25) is 0 Å². The van der Waals surface area contributed by atoms with Crippen LogP contribution < -0.4 is 16.4 Å². The number of aryl methyl sites for hydroxylation is 1. The van der Waals surface area contributed by atoms with E-state index in [1.807, 2.05) is 7.05 Å². The molecule has 0 saturated carbocycles. The lowest BCUT2D eigenvalue weighted by molar-refractivity contribution is 0.637. The first-order chi connectivity index (χ1) is 10.1. The summed E-state index contributed by atoms with van der Waals surface area (Å²) in [5, 5.41) is 11.4. The minimum Gasteiger partial charge on any atom is -0.370 e. The number of aromatic nitrogens is 4. The molecule has 0 aromatic carbocycles. The summed E-state index contributed by atoms with van der Waals surface area (Å²) in [4.78, 5) is 12.7. The Balaban J connectivity index is 0.00000242. The molecule has 0 amide bonds. The van der Waals surface area contributed by atoms with Crippen LogP contribution in [0.4, 0.5) is 5.82 Å². The number of anilines is 1. The summed E-state index contributed by atoms with van der Waals surface area (Å²) in [6, 6.07) is 0.332. The van der Waals surface area contributed by atoms with Gasteiger partial charge in [0.1, 0.15) is 12.1 Å². The van der Waals surface area contributed by atoms with Crippen molar-refractivity contribution in [3.63, 3.8) is 0 Å². The first-order valence-electron chi connectivity index (χ1n) is 7.04. The maximum absolute atomic E-state index is 5.80. The zero-order chi connectivity index (χ0) is 15.2. The molecular formula is C13H23IN8. The van der Waals surface area contributed by atoms with E-state index in [0.29, 0.717) is 25.1 Å². The fourth-order valence-electron chi connectivity index (χ4n) is 1.85. The molecule has 0 spiro atoms. The second kappa shape index (κ2) is 8.71. The standard InChI is InChI=1S/C13H22N8.HI/c1-4-9(2)20-13(14)16-6-5-15-11-10-7-19-21(3)12(10)18-8-17-11;/h7-9H,4-6H2,1-3H3,(H3,14,16,20)(H,15,17,18);1H. The molecule has 2 aromatic rings. The first kappa shape index (κ1) is 18.4. The first-order valence-corrected chi connectivity index (χ1v) is 7.04. The van der Waals surface area contributed by atoms with Crippen molar-refractivity contribution in [1.82, 2.24) is 25.1 Å². The van der Waals surface area contributed by atoms with Gasteiger partial charge in [0.15, 0.2) is 11.6 Å². The van der Waals surface area contributed by atoms with Gasteiger partial charge in [-0.3, -0.25) is 9.67 Å². The average Bonchev–Trinajstić information content (AvgIpc) is 2.86. The number of nitrogens with one attached hydrogen (secondary N) is 2. The van der Waals surface area contributed by atoms with Crippen LogP contribution in [0.15, 0.2) is 17.5 Å². The molecule has 0 radical (unpaired) electrons. The molecule has 2 heterocycles. The zero-order valence-corrected chi connectivity index (χ0v) is 15.4. The molecule has 0 bridgehead atoms. The van der Waals surface area contributed by atoms with Crippen molar-refractivity contribution in [3.05, 3.63) is 12.5 Å². The number of nitrogens with zero attached hydrogens (tertiary/aromatic N) is 5. The van der Waals surface area contributed by atoms with Crippen molar-refractivity contribution in [3.8, 4) is 0 Å². The SMILES string of the molecule is CCC(C)NC(N)=NCCNc1ncnc2c1cnn2C.I. The summed E-state index contributed by atoms with van der Waals surface area (Å²) in [6.07, 6.45) is 4.28. The van der Waals surface area contributed by atoms with Crippen LogP contribution in [-0.4, -0.2) is 44.8 Å². The van der Waals surface area contributed by atoms with Gasteiger partial charge in [-0.2, -0.15) is 5.10 Å². The van der Waals surface area contributed by atoms with Gasteiger partial charge in [-0.1, -0.05) is 6.92 Å². The quantitative estimate of drug-likeness (QED) is 0.281. The Morgan fingerprint density at radius 2 is 2.23 bits per heavy atom. The number of halogens is 1. The van der Waals surface area contributed by atoms with E-state index in [1.54, 1.807) is 10.9 Å². The van der Waals surface area contributed by atoms with E-state index < -0.39 is 0 Å². The maximum atomic E-state index is 5.80. The number of hydrogen-bond donors (Lipinski definition) is 3. The van der Waals surface area contributed by atoms with Gasteiger partial charge in [0.2, 0.25) is 0 Å². The lowest BCUT2D eigenvalue weighted by atomic mass is 10.3. The molecule has 2 rings (SSSR count). The molecular weight excluding hydrogens is 395 g/mol. The van der Waals surface area contributed by atoms with E-state index in [0.717, 1.165) is 23.3 Å². The number of guanidine groups is 1.